The van der Waals surface area contributed by atoms with Crippen molar-refractivity contribution in [1.29, 1.82) is 0 Å². The second-order valence-corrected chi connectivity index (χ2v) is 2.84. The molecule has 1 amide bonds. The van der Waals surface area contributed by atoms with Crippen LogP contribution in [-0.2, 0) is 9.53 Å². The van der Waals surface area contributed by atoms with Crippen molar-refractivity contribution in [1.82, 2.24) is 5.32 Å². The highest BCUT2D eigenvalue weighted by Gasteiger charge is 2.28. The molecule has 56 valence electrons. The maximum atomic E-state index is 10.8. The Hall–Kier alpha value is -0.360. The highest BCUT2D eigenvalue weighted by molar-refractivity contribution is 8.74. The van der Waals surface area contributed by atoms with Gasteiger partial charge in [-0.1, -0.05) is 0 Å². The number of hydrogen-bond donors (Lipinski definition) is 2. The molecule has 6 heteroatoms. The molecule has 4 nitrogen and oxygen atoms in total. The summed E-state index contributed by atoms with van der Waals surface area (Å²) in [5.41, 5.74) is 0. The highest BCUT2D eigenvalue weighted by atomic mass is 33.1. The molecule has 0 aromatic carbocycles. The Morgan fingerprint density at radius 2 is 2.60 bits per heavy atom. The van der Waals surface area contributed by atoms with Gasteiger partial charge in [-0.15, -0.1) is 11.7 Å². The largest absolute Gasteiger partial charge is 0.447 e. The van der Waals surface area contributed by atoms with Gasteiger partial charge >= 0.3 is 6.09 Å². The molecule has 0 radical (unpaired) electrons. The van der Waals surface area contributed by atoms with Crippen LogP contribution in [0, 0.1) is 0 Å². The SMILES string of the molecule is O=C1N[C@@H](C(=O)SS)CO1. The Labute approximate surface area is 66.5 Å². The van der Waals surface area contributed by atoms with Gasteiger partial charge in [-0.3, -0.25) is 4.79 Å². The van der Waals surface area contributed by atoms with E-state index in [9.17, 15) is 9.59 Å². The number of cyclic esters (lactones) is 1. The molecule has 0 aliphatic carbocycles. The van der Waals surface area contributed by atoms with E-state index in [1.807, 2.05) is 0 Å². The van der Waals surface area contributed by atoms with Crippen LogP contribution in [0.3, 0.4) is 0 Å². The minimum absolute atomic E-state index is 0.116. The van der Waals surface area contributed by atoms with Crippen molar-refractivity contribution in [2.75, 3.05) is 6.61 Å². The number of thiol groups is 1. The zero-order chi connectivity index (χ0) is 7.56. The lowest BCUT2D eigenvalue weighted by Gasteiger charge is -1.99. The van der Waals surface area contributed by atoms with E-state index < -0.39 is 12.1 Å². The van der Waals surface area contributed by atoms with Crippen LogP contribution in [0.2, 0.25) is 0 Å². The van der Waals surface area contributed by atoms with Crippen LogP contribution >= 0.6 is 22.5 Å². The fourth-order valence-corrected chi connectivity index (χ4v) is 1.21. The molecule has 0 saturated carbocycles. The standard InChI is InChI=1S/C4H5NO3S2/c6-3(10-9)2-1-8-4(7)5-2/h2,9H,1H2,(H,5,7)/t2-/m1/s1. The molecule has 0 bridgehead atoms. The summed E-state index contributed by atoms with van der Waals surface area (Å²) in [6, 6.07) is -0.519. The fourth-order valence-electron chi connectivity index (χ4n) is 0.575. The van der Waals surface area contributed by atoms with E-state index in [2.05, 4.69) is 21.7 Å². The fraction of sp³-hybridized carbons (Fsp3) is 0.500. The Morgan fingerprint density at radius 1 is 1.90 bits per heavy atom. The molecular formula is C4H5NO3S2. The Kier molecular flexibility index (Phi) is 2.44. The van der Waals surface area contributed by atoms with Crippen LogP contribution in [0.5, 0.6) is 0 Å². The molecule has 1 N–H and O–H groups in total. The quantitative estimate of drug-likeness (QED) is 0.446. The topological polar surface area (TPSA) is 55.4 Å². The lowest BCUT2D eigenvalue weighted by atomic mass is 10.4. The molecule has 0 aromatic heterocycles. The van der Waals surface area contributed by atoms with Gasteiger partial charge in [-0.25, -0.2) is 4.79 Å². The number of carbonyl (C=O) groups excluding carboxylic acids is 2. The van der Waals surface area contributed by atoms with Crippen molar-refractivity contribution in [2.45, 2.75) is 6.04 Å². The van der Waals surface area contributed by atoms with Gasteiger partial charge in [0.15, 0.2) is 0 Å². The van der Waals surface area contributed by atoms with Crippen LogP contribution in [-0.4, -0.2) is 23.9 Å². The van der Waals surface area contributed by atoms with Gasteiger partial charge in [0.1, 0.15) is 12.6 Å². The first kappa shape index (κ1) is 7.74. The summed E-state index contributed by atoms with van der Waals surface area (Å²) in [4.78, 5) is 21.1. The molecule has 1 saturated heterocycles. The molecule has 1 heterocycles. The maximum Gasteiger partial charge on any atom is 0.407 e. The summed E-state index contributed by atoms with van der Waals surface area (Å²) in [7, 11) is 0.785. The zero-order valence-corrected chi connectivity index (χ0v) is 6.58. The summed E-state index contributed by atoms with van der Waals surface area (Å²) in [5, 5.41) is 2.12. The normalized spacial score (nSPS) is 23.7. The number of nitrogens with one attached hydrogen (secondary N) is 1. The molecule has 1 aliphatic rings. The molecular weight excluding hydrogens is 174 g/mol. The average Bonchev–Trinajstić information content (AvgIpc) is 2.34. The first-order valence-electron chi connectivity index (χ1n) is 2.52. The van der Waals surface area contributed by atoms with Crippen molar-refractivity contribution in [3.8, 4) is 0 Å². The van der Waals surface area contributed by atoms with Crippen LogP contribution in [0.1, 0.15) is 0 Å². The first-order chi connectivity index (χ1) is 4.74. The Morgan fingerprint density at radius 3 is 3.00 bits per heavy atom. The molecule has 0 spiro atoms. The van der Waals surface area contributed by atoms with Crippen molar-refractivity contribution in [3.05, 3.63) is 0 Å². The number of amides is 1. The van der Waals surface area contributed by atoms with Crippen LogP contribution in [0.15, 0.2) is 0 Å². The molecule has 1 rings (SSSR count). The van der Waals surface area contributed by atoms with E-state index in [1.54, 1.807) is 0 Å². The van der Waals surface area contributed by atoms with Gasteiger partial charge < -0.3 is 10.1 Å². The van der Waals surface area contributed by atoms with Crippen LogP contribution < -0.4 is 5.32 Å². The first-order valence-corrected chi connectivity index (χ1v) is 4.39. The summed E-state index contributed by atoms with van der Waals surface area (Å²) in [6.45, 7) is 0.116. The van der Waals surface area contributed by atoms with E-state index in [0.717, 1.165) is 10.8 Å². The highest BCUT2D eigenvalue weighted by Crippen LogP contribution is 2.12. The summed E-state index contributed by atoms with van der Waals surface area (Å²) >= 11 is 3.68. The van der Waals surface area contributed by atoms with E-state index in [0.29, 0.717) is 0 Å². The molecule has 10 heavy (non-hydrogen) atoms. The number of hydrogen-bond acceptors (Lipinski definition) is 5. The predicted molar refractivity (Wildman–Crippen MR) is 39.9 cm³/mol. The Bertz CT molecular complexity index is 172. The van der Waals surface area contributed by atoms with Crippen LogP contribution in [0.4, 0.5) is 4.79 Å². The predicted octanol–water partition coefficient (Wildman–Crippen LogP) is 0.199. The molecule has 1 atom stereocenters. The van der Waals surface area contributed by atoms with E-state index in [-0.39, 0.29) is 11.7 Å². The Balaban J connectivity index is 2.44. The van der Waals surface area contributed by atoms with Gasteiger partial charge in [0.25, 0.3) is 0 Å². The second-order valence-electron chi connectivity index (χ2n) is 1.71. The maximum absolute atomic E-state index is 10.8. The van der Waals surface area contributed by atoms with E-state index in [4.69, 9.17) is 0 Å². The van der Waals surface area contributed by atoms with Crippen molar-refractivity contribution < 1.29 is 14.3 Å². The third-order valence-electron chi connectivity index (χ3n) is 1.05. The van der Waals surface area contributed by atoms with Crippen molar-refractivity contribution in [3.63, 3.8) is 0 Å². The molecule has 1 aliphatic heterocycles. The van der Waals surface area contributed by atoms with Gasteiger partial charge in [0.05, 0.1) is 0 Å². The van der Waals surface area contributed by atoms with Gasteiger partial charge in [-0.2, -0.15) is 0 Å². The smallest absolute Gasteiger partial charge is 0.407 e. The van der Waals surface area contributed by atoms with E-state index >= 15 is 0 Å². The monoisotopic (exact) mass is 179 g/mol. The zero-order valence-electron chi connectivity index (χ0n) is 4.86. The lowest BCUT2D eigenvalue weighted by molar-refractivity contribution is -0.112. The minimum Gasteiger partial charge on any atom is -0.447 e. The number of alkyl carbamates (subject to hydrolysis) is 1. The third-order valence-corrected chi connectivity index (χ3v) is 2.05. The summed E-state index contributed by atoms with van der Waals surface area (Å²) in [5.74, 6) is 0. The summed E-state index contributed by atoms with van der Waals surface area (Å²) < 4.78 is 4.47. The van der Waals surface area contributed by atoms with Gasteiger partial charge in [0.2, 0.25) is 5.12 Å². The van der Waals surface area contributed by atoms with Crippen LogP contribution in [0.25, 0.3) is 0 Å². The van der Waals surface area contributed by atoms with Crippen molar-refractivity contribution >= 4 is 33.7 Å². The second kappa shape index (κ2) is 3.16. The number of rotatable bonds is 1. The summed E-state index contributed by atoms with van der Waals surface area (Å²) in [6.07, 6.45) is -0.541. The molecule has 0 aromatic rings. The third kappa shape index (κ3) is 1.57. The lowest BCUT2D eigenvalue weighted by Crippen LogP contribution is -2.32. The number of carbonyl (C=O) groups is 2. The molecule has 0 unspecified atom stereocenters. The number of ether oxygens (including phenoxy) is 1. The average molecular weight is 179 g/mol. The van der Waals surface area contributed by atoms with E-state index in [1.165, 1.54) is 0 Å². The van der Waals surface area contributed by atoms with Gasteiger partial charge in [-0.05, 0) is 10.8 Å². The van der Waals surface area contributed by atoms with Crippen molar-refractivity contribution in [2.24, 2.45) is 0 Å². The van der Waals surface area contributed by atoms with Gasteiger partial charge in [0, 0.05) is 0 Å². The molecule has 1 fully saturated rings. The minimum atomic E-state index is -0.541.